The summed E-state index contributed by atoms with van der Waals surface area (Å²) < 4.78 is 27.9. The van der Waals surface area contributed by atoms with Crippen LogP contribution in [0.3, 0.4) is 0 Å². The lowest BCUT2D eigenvalue weighted by molar-refractivity contribution is -0.117. The zero-order chi connectivity index (χ0) is 20.0. The molecule has 0 fully saturated rings. The Labute approximate surface area is 176 Å². The summed E-state index contributed by atoms with van der Waals surface area (Å²) in [6.07, 6.45) is 2.86. The summed E-state index contributed by atoms with van der Waals surface area (Å²) in [5.41, 5.74) is 0. The summed E-state index contributed by atoms with van der Waals surface area (Å²) in [6, 6.07) is 3.13. The molecule has 2 rings (SSSR count). The van der Waals surface area contributed by atoms with Gasteiger partial charge in [-0.05, 0) is 43.0 Å². The monoisotopic (exact) mass is 468 g/mol. The summed E-state index contributed by atoms with van der Waals surface area (Å²) in [4.78, 5) is 12.4. The highest BCUT2D eigenvalue weighted by Gasteiger charge is 2.28. The van der Waals surface area contributed by atoms with Crippen molar-refractivity contribution in [2.24, 2.45) is 0 Å². The largest absolute Gasteiger partial charge is 0.299 e. The number of nitrogens with one attached hydrogen (secondary N) is 2. The fourth-order valence-electron chi connectivity index (χ4n) is 2.05. The number of carbonyl (C=O) groups is 1. The van der Waals surface area contributed by atoms with Gasteiger partial charge in [-0.1, -0.05) is 41.5 Å². The van der Waals surface area contributed by atoms with Gasteiger partial charge in [0.25, 0.3) is 0 Å². The highest BCUT2D eigenvalue weighted by atomic mass is 35.5. The van der Waals surface area contributed by atoms with Crippen LogP contribution in [0.5, 0.6) is 0 Å². The molecule has 1 aromatic heterocycles. The summed E-state index contributed by atoms with van der Waals surface area (Å²) in [5, 5.41) is 11.8. The molecule has 7 nitrogen and oxygen atoms in total. The zero-order valence-electron chi connectivity index (χ0n) is 14.5. The second-order valence-electron chi connectivity index (χ2n) is 5.37. The molecule has 148 valence electrons. The molecule has 2 N–H and O–H groups in total. The van der Waals surface area contributed by atoms with E-state index in [2.05, 4.69) is 20.2 Å². The van der Waals surface area contributed by atoms with Crippen LogP contribution in [0.15, 0.2) is 23.1 Å². The first kappa shape index (κ1) is 22.4. The lowest BCUT2D eigenvalue weighted by Crippen LogP contribution is -2.44. The predicted molar refractivity (Wildman–Crippen MR) is 111 cm³/mol. The minimum atomic E-state index is -4.05. The second kappa shape index (κ2) is 10.0. The molecule has 1 amide bonds. The van der Waals surface area contributed by atoms with E-state index in [-0.39, 0.29) is 14.9 Å². The van der Waals surface area contributed by atoms with Gasteiger partial charge in [-0.3, -0.25) is 10.1 Å². The number of carbonyl (C=O) groups excluding carboxylic acids is 1. The van der Waals surface area contributed by atoms with E-state index in [1.54, 1.807) is 0 Å². The first-order chi connectivity index (χ1) is 12.8. The third-order valence-electron chi connectivity index (χ3n) is 3.41. The normalized spacial score (nSPS) is 12.7. The van der Waals surface area contributed by atoms with Crippen LogP contribution in [-0.2, 0) is 21.2 Å². The minimum Gasteiger partial charge on any atom is -0.299 e. The van der Waals surface area contributed by atoms with Crippen LogP contribution in [0.2, 0.25) is 10.0 Å². The maximum absolute atomic E-state index is 12.7. The molecule has 1 atom stereocenters. The van der Waals surface area contributed by atoms with Crippen molar-refractivity contribution < 1.29 is 13.2 Å². The van der Waals surface area contributed by atoms with Crippen LogP contribution >= 0.6 is 46.3 Å². The highest BCUT2D eigenvalue weighted by molar-refractivity contribution is 7.98. The van der Waals surface area contributed by atoms with Crippen molar-refractivity contribution in [2.75, 3.05) is 17.3 Å². The Kier molecular flexibility index (Phi) is 8.32. The van der Waals surface area contributed by atoms with Crippen LogP contribution in [0.1, 0.15) is 18.4 Å². The Morgan fingerprint density at radius 2 is 2.07 bits per heavy atom. The first-order valence-corrected chi connectivity index (χ1v) is 12.3. The molecule has 0 saturated carbocycles. The van der Waals surface area contributed by atoms with E-state index in [1.165, 1.54) is 41.3 Å². The van der Waals surface area contributed by atoms with Gasteiger partial charge in [-0.2, -0.15) is 16.5 Å². The minimum absolute atomic E-state index is 0.0210. The number of aryl methyl sites for hydroxylation is 1. The van der Waals surface area contributed by atoms with Gasteiger partial charge in [0.1, 0.15) is 15.9 Å². The van der Waals surface area contributed by atoms with E-state index >= 15 is 0 Å². The van der Waals surface area contributed by atoms with Crippen molar-refractivity contribution in [3.63, 3.8) is 0 Å². The molecule has 0 saturated heterocycles. The Morgan fingerprint density at radius 1 is 1.33 bits per heavy atom. The Bertz CT molecular complexity index is 905. The summed E-state index contributed by atoms with van der Waals surface area (Å²) in [6.45, 7) is 1.93. The van der Waals surface area contributed by atoms with Crippen molar-refractivity contribution in [3.8, 4) is 0 Å². The SMILES string of the molecule is CCc1nnc(NC(=O)C(CCSC)NS(=O)(=O)c2cc(Cl)ccc2Cl)s1. The molecule has 0 aliphatic heterocycles. The predicted octanol–water partition coefficient (Wildman–Crippen LogP) is 3.45. The number of rotatable bonds is 9. The first-order valence-electron chi connectivity index (χ1n) is 7.86. The number of halogens is 2. The Morgan fingerprint density at radius 3 is 2.70 bits per heavy atom. The molecule has 0 spiro atoms. The molecule has 27 heavy (non-hydrogen) atoms. The molecule has 0 aliphatic carbocycles. The number of sulfonamides is 1. The van der Waals surface area contributed by atoms with E-state index in [9.17, 15) is 13.2 Å². The number of benzene rings is 1. The van der Waals surface area contributed by atoms with Crippen LogP contribution < -0.4 is 10.0 Å². The number of hydrogen-bond donors (Lipinski definition) is 2. The van der Waals surface area contributed by atoms with Crippen molar-refractivity contribution in [1.29, 1.82) is 0 Å². The standard InChI is InChI=1S/C15H18Cl2N4O3S3/c1-3-13-19-20-15(26-13)18-14(22)11(6-7-25-2)21-27(23,24)12-8-9(16)4-5-10(12)17/h4-5,8,11,21H,3,6-7H2,1-2H3,(H,18,20,22). The third kappa shape index (κ3) is 6.30. The van der Waals surface area contributed by atoms with E-state index in [4.69, 9.17) is 23.2 Å². The molecule has 0 radical (unpaired) electrons. The van der Waals surface area contributed by atoms with Gasteiger partial charge < -0.3 is 0 Å². The number of hydrogen-bond acceptors (Lipinski definition) is 7. The second-order valence-corrected chi connectivity index (χ2v) is 9.95. The highest BCUT2D eigenvalue weighted by Crippen LogP contribution is 2.25. The van der Waals surface area contributed by atoms with Crippen molar-refractivity contribution in [2.45, 2.75) is 30.7 Å². The number of thioether (sulfide) groups is 1. The summed E-state index contributed by atoms with van der Waals surface area (Å²) in [7, 11) is -4.05. The Balaban J connectivity index is 2.21. The number of amides is 1. The number of nitrogens with zero attached hydrogens (tertiary/aromatic N) is 2. The molecule has 0 bridgehead atoms. The van der Waals surface area contributed by atoms with Gasteiger partial charge in [0, 0.05) is 5.02 Å². The summed E-state index contributed by atoms with van der Waals surface area (Å²) in [5.74, 6) is 0.0739. The maximum atomic E-state index is 12.7. The van der Waals surface area contributed by atoms with Crippen molar-refractivity contribution in [1.82, 2.24) is 14.9 Å². The Hall–Kier alpha value is -0.910. The molecule has 12 heteroatoms. The van der Waals surface area contributed by atoms with Crippen LogP contribution in [0.4, 0.5) is 5.13 Å². The van der Waals surface area contributed by atoms with Gasteiger partial charge in [-0.25, -0.2) is 8.42 Å². The molecule has 1 aromatic carbocycles. The molecule has 0 aliphatic rings. The fraction of sp³-hybridized carbons (Fsp3) is 0.400. The molecular weight excluding hydrogens is 451 g/mol. The van der Waals surface area contributed by atoms with Crippen LogP contribution in [0.25, 0.3) is 0 Å². The number of aromatic nitrogens is 2. The van der Waals surface area contributed by atoms with Gasteiger partial charge in [-0.15, -0.1) is 10.2 Å². The van der Waals surface area contributed by atoms with Crippen LogP contribution in [0, 0.1) is 0 Å². The average molecular weight is 469 g/mol. The lowest BCUT2D eigenvalue weighted by atomic mass is 10.2. The van der Waals surface area contributed by atoms with E-state index < -0.39 is 22.0 Å². The molecular formula is C15H18Cl2N4O3S3. The number of anilines is 1. The fourth-order valence-corrected chi connectivity index (χ4v) is 5.20. The van der Waals surface area contributed by atoms with E-state index in [0.29, 0.717) is 23.7 Å². The van der Waals surface area contributed by atoms with Crippen molar-refractivity contribution in [3.05, 3.63) is 33.3 Å². The molecule has 1 unspecified atom stereocenters. The topological polar surface area (TPSA) is 101 Å². The van der Waals surface area contributed by atoms with Gasteiger partial charge in [0.2, 0.25) is 21.1 Å². The molecule has 1 heterocycles. The quantitative estimate of drug-likeness (QED) is 0.584. The van der Waals surface area contributed by atoms with E-state index in [1.807, 2.05) is 13.2 Å². The van der Waals surface area contributed by atoms with Gasteiger partial charge >= 0.3 is 0 Å². The van der Waals surface area contributed by atoms with Gasteiger partial charge in [0.15, 0.2) is 0 Å². The van der Waals surface area contributed by atoms with E-state index in [0.717, 1.165) is 5.01 Å². The van der Waals surface area contributed by atoms with Gasteiger partial charge in [0.05, 0.1) is 5.02 Å². The zero-order valence-corrected chi connectivity index (χ0v) is 18.5. The average Bonchev–Trinajstić information content (AvgIpc) is 3.08. The molecule has 2 aromatic rings. The third-order valence-corrected chi connectivity index (χ3v) is 7.22. The van der Waals surface area contributed by atoms with Crippen molar-refractivity contribution >= 4 is 67.4 Å². The smallest absolute Gasteiger partial charge is 0.244 e. The maximum Gasteiger partial charge on any atom is 0.244 e. The van der Waals surface area contributed by atoms with Crippen LogP contribution in [-0.4, -0.2) is 42.6 Å². The summed E-state index contributed by atoms with van der Waals surface area (Å²) >= 11 is 14.6. The lowest BCUT2D eigenvalue weighted by Gasteiger charge is -2.18.